The summed E-state index contributed by atoms with van der Waals surface area (Å²) in [5.74, 6) is 0.917. The molecule has 0 fully saturated rings. The molecule has 0 aliphatic heterocycles. The monoisotopic (exact) mass is 316 g/mol. The van der Waals surface area contributed by atoms with Gasteiger partial charge in [0, 0.05) is 12.2 Å². The predicted molar refractivity (Wildman–Crippen MR) is 88.9 cm³/mol. The van der Waals surface area contributed by atoms with Crippen molar-refractivity contribution >= 4 is 11.9 Å². The average Bonchev–Trinajstić information content (AvgIpc) is 3.03. The lowest BCUT2D eigenvalue weighted by Gasteiger charge is -2.21. The first-order valence-electron chi connectivity index (χ1n) is 7.97. The topological polar surface area (TPSA) is 85.2 Å². The molecule has 0 aliphatic rings. The molecule has 0 aliphatic carbocycles. The highest BCUT2D eigenvalue weighted by Crippen LogP contribution is 2.16. The van der Waals surface area contributed by atoms with Gasteiger partial charge in [-0.1, -0.05) is 27.2 Å². The first kappa shape index (κ1) is 17.0. The Morgan fingerprint density at radius 3 is 2.78 bits per heavy atom. The van der Waals surface area contributed by atoms with Crippen molar-refractivity contribution in [1.29, 1.82) is 0 Å². The van der Waals surface area contributed by atoms with Crippen molar-refractivity contribution in [1.82, 2.24) is 14.9 Å². The SMILES string of the molecule is CCCCN(Cc1ccco1)C(=O)c1cc(C(C)C)nc(N)n1. The van der Waals surface area contributed by atoms with Crippen molar-refractivity contribution in [3.05, 3.63) is 41.6 Å². The normalized spacial score (nSPS) is 11.0. The van der Waals surface area contributed by atoms with E-state index in [1.165, 1.54) is 0 Å². The summed E-state index contributed by atoms with van der Waals surface area (Å²) in [5.41, 5.74) is 6.87. The van der Waals surface area contributed by atoms with E-state index in [1.807, 2.05) is 26.0 Å². The molecule has 2 N–H and O–H groups in total. The molecule has 0 bridgehead atoms. The number of unbranched alkanes of at least 4 members (excludes halogenated alkanes) is 1. The van der Waals surface area contributed by atoms with Crippen molar-refractivity contribution in [2.75, 3.05) is 12.3 Å². The molecule has 0 unspecified atom stereocenters. The molecule has 0 spiro atoms. The van der Waals surface area contributed by atoms with Crippen LogP contribution >= 0.6 is 0 Å². The number of nitrogens with two attached hydrogens (primary N) is 1. The summed E-state index contributed by atoms with van der Waals surface area (Å²) in [4.78, 5) is 22.9. The maximum absolute atomic E-state index is 12.8. The van der Waals surface area contributed by atoms with Crippen molar-refractivity contribution in [2.45, 2.75) is 46.1 Å². The van der Waals surface area contributed by atoms with E-state index in [-0.39, 0.29) is 17.8 Å². The summed E-state index contributed by atoms with van der Waals surface area (Å²) in [7, 11) is 0. The molecule has 6 heteroatoms. The van der Waals surface area contributed by atoms with Gasteiger partial charge >= 0.3 is 0 Å². The summed E-state index contributed by atoms with van der Waals surface area (Å²) in [5, 5.41) is 0. The van der Waals surface area contributed by atoms with E-state index >= 15 is 0 Å². The van der Waals surface area contributed by atoms with E-state index in [0.29, 0.717) is 18.8 Å². The maximum atomic E-state index is 12.8. The van der Waals surface area contributed by atoms with Gasteiger partial charge in [0.2, 0.25) is 5.95 Å². The lowest BCUT2D eigenvalue weighted by molar-refractivity contribution is 0.0723. The molecule has 2 aromatic heterocycles. The molecule has 124 valence electrons. The van der Waals surface area contributed by atoms with Gasteiger partial charge < -0.3 is 15.1 Å². The van der Waals surface area contributed by atoms with Crippen molar-refractivity contribution in [3.63, 3.8) is 0 Å². The van der Waals surface area contributed by atoms with Crippen LogP contribution in [0.3, 0.4) is 0 Å². The zero-order valence-electron chi connectivity index (χ0n) is 14.0. The fourth-order valence-corrected chi connectivity index (χ4v) is 2.24. The van der Waals surface area contributed by atoms with Crippen molar-refractivity contribution < 1.29 is 9.21 Å². The van der Waals surface area contributed by atoms with Gasteiger partial charge in [-0.3, -0.25) is 4.79 Å². The molecule has 23 heavy (non-hydrogen) atoms. The second-order valence-corrected chi connectivity index (χ2v) is 5.85. The molecule has 0 aromatic carbocycles. The van der Waals surface area contributed by atoms with E-state index in [1.54, 1.807) is 17.2 Å². The number of nitrogen functional groups attached to an aromatic ring is 1. The number of hydrogen-bond donors (Lipinski definition) is 1. The second kappa shape index (κ2) is 7.76. The third-order valence-corrected chi connectivity index (χ3v) is 3.57. The predicted octanol–water partition coefficient (Wildman–Crippen LogP) is 3.22. The summed E-state index contributed by atoms with van der Waals surface area (Å²) >= 11 is 0. The van der Waals surface area contributed by atoms with Gasteiger partial charge in [-0.15, -0.1) is 0 Å². The quantitative estimate of drug-likeness (QED) is 0.847. The molecule has 2 rings (SSSR count). The number of carbonyl (C=O) groups excluding carboxylic acids is 1. The molecular formula is C17H24N4O2. The van der Waals surface area contributed by atoms with Gasteiger partial charge in [0.1, 0.15) is 11.5 Å². The van der Waals surface area contributed by atoms with Gasteiger partial charge in [0.15, 0.2) is 0 Å². The maximum Gasteiger partial charge on any atom is 0.273 e. The van der Waals surface area contributed by atoms with Crippen LogP contribution in [-0.2, 0) is 6.54 Å². The summed E-state index contributed by atoms with van der Waals surface area (Å²) in [6, 6.07) is 5.40. The Labute approximate surface area is 136 Å². The van der Waals surface area contributed by atoms with Crippen LogP contribution in [0.15, 0.2) is 28.9 Å². The highest BCUT2D eigenvalue weighted by molar-refractivity contribution is 5.92. The van der Waals surface area contributed by atoms with Crippen molar-refractivity contribution in [2.24, 2.45) is 0 Å². The molecular weight excluding hydrogens is 292 g/mol. The Hall–Kier alpha value is -2.37. The third-order valence-electron chi connectivity index (χ3n) is 3.57. The molecule has 0 saturated carbocycles. The third kappa shape index (κ3) is 4.55. The Morgan fingerprint density at radius 2 is 2.17 bits per heavy atom. The Kier molecular flexibility index (Phi) is 5.73. The zero-order chi connectivity index (χ0) is 16.8. The smallest absolute Gasteiger partial charge is 0.273 e. The molecule has 0 radical (unpaired) electrons. The number of anilines is 1. The fourth-order valence-electron chi connectivity index (χ4n) is 2.24. The van der Waals surface area contributed by atoms with Crippen LogP contribution in [0.25, 0.3) is 0 Å². The Balaban J connectivity index is 2.25. The molecule has 2 heterocycles. The van der Waals surface area contributed by atoms with Crippen LogP contribution in [0.4, 0.5) is 5.95 Å². The minimum absolute atomic E-state index is 0.132. The number of nitrogens with zero attached hydrogens (tertiary/aromatic N) is 3. The summed E-state index contributed by atoms with van der Waals surface area (Å²) in [6.45, 7) is 7.18. The number of amides is 1. The van der Waals surface area contributed by atoms with Crippen LogP contribution in [-0.4, -0.2) is 27.3 Å². The first-order valence-corrected chi connectivity index (χ1v) is 7.97. The Bertz CT molecular complexity index is 638. The number of aromatic nitrogens is 2. The van der Waals surface area contributed by atoms with Crippen LogP contribution in [0.5, 0.6) is 0 Å². The van der Waals surface area contributed by atoms with Crippen LogP contribution in [0.2, 0.25) is 0 Å². The van der Waals surface area contributed by atoms with Crippen LogP contribution in [0.1, 0.15) is 61.5 Å². The highest BCUT2D eigenvalue weighted by Gasteiger charge is 2.20. The van der Waals surface area contributed by atoms with E-state index in [0.717, 1.165) is 24.3 Å². The number of hydrogen-bond acceptors (Lipinski definition) is 5. The summed E-state index contributed by atoms with van der Waals surface area (Å²) < 4.78 is 5.36. The Morgan fingerprint density at radius 1 is 1.39 bits per heavy atom. The number of furan rings is 1. The molecule has 2 aromatic rings. The lowest BCUT2D eigenvalue weighted by Crippen LogP contribution is -2.32. The first-order chi connectivity index (χ1) is 11.0. The number of rotatable bonds is 7. The minimum Gasteiger partial charge on any atom is -0.467 e. The lowest BCUT2D eigenvalue weighted by atomic mass is 10.1. The molecule has 1 amide bonds. The molecule has 0 atom stereocenters. The van der Waals surface area contributed by atoms with Crippen LogP contribution in [0, 0.1) is 0 Å². The standard InChI is InChI=1S/C17H24N4O2/c1-4-5-8-21(11-13-7-6-9-23-13)16(22)15-10-14(12(2)3)19-17(18)20-15/h6-7,9-10,12H,4-5,8,11H2,1-3H3,(H2,18,19,20). The minimum atomic E-state index is -0.147. The summed E-state index contributed by atoms with van der Waals surface area (Å²) in [6.07, 6.45) is 3.53. The molecule has 6 nitrogen and oxygen atoms in total. The van der Waals surface area contributed by atoms with Gasteiger partial charge in [-0.25, -0.2) is 9.97 Å². The van der Waals surface area contributed by atoms with E-state index in [2.05, 4.69) is 16.9 Å². The van der Waals surface area contributed by atoms with Gasteiger partial charge in [-0.05, 0) is 30.5 Å². The zero-order valence-corrected chi connectivity index (χ0v) is 14.0. The molecule has 0 saturated heterocycles. The average molecular weight is 316 g/mol. The highest BCUT2D eigenvalue weighted by atomic mass is 16.3. The number of carbonyl (C=O) groups is 1. The van der Waals surface area contributed by atoms with E-state index in [9.17, 15) is 4.79 Å². The van der Waals surface area contributed by atoms with Crippen molar-refractivity contribution in [3.8, 4) is 0 Å². The van der Waals surface area contributed by atoms with E-state index in [4.69, 9.17) is 10.2 Å². The second-order valence-electron chi connectivity index (χ2n) is 5.85. The van der Waals surface area contributed by atoms with E-state index < -0.39 is 0 Å². The fraction of sp³-hybridized carbons (Fsp3) is 0.471. The van der Waals surface area contributed by atoms with Crippen LogP contribution < -0.4 is 5.73 Å². The largest absolute Gasteiger partial charge is 0.467 e. The van der Waals surface area contributed by atoms with Gasteiger partial charge in [0.25, 0.3) is 5.91 Å². The van der Waals surface area contributed by atoms with Gasteiger partial charge in [-0.2, -0.15) is 0 Å². The van der Waals surface area contributed by atoms with Gasteiger partial charge in [0.05, 0.1) is 12.8 Å².